The van der Waals surface area contributed by atoms with E-state index in [0.717, 1.165) is 19.5 Å². The van der Waals surface area contributed by atoms with Gasteiger partial charge in [-0.2, -0.15) is 0 Å². The molecular formula is C7H14NO2P. The van der Waals surface area contributed by atoms with Crippen LogP contribution in [0.5, 0.6) is 0 Å². The summed E-state index contributed by atoms with van der Waals surface area (Å²) in [5.41, 5.74) is 0. The molecular weight excluding hydrogens is 161 g/mol. The van der Waals surface area contributed by atoms with Gasteiger partial charge in [0.15, 0.2) is 0 Å². The second-order valence-electron chi connectivity index (χ2n) is 3.08. The van der Waals surface area contributed by atoms with Gasteiger partial charge in [-0.25, -0.2) is 4.79 Å². The molecule has 1 heterocycles. The zero-order chi connectivity index (χ0) is 8.27. The maximum absolute atomic E-state index is 11.0. The lowest BCUT2D eigenvalue weighted by Crippen LogP contribution is -2.38. The van der Waals surface area contributed by atoms with E-state index < -0.39 is 0 Å². The minimum Gasteiger partial charge on any atom is -0.435 e. The van der Waals surface area contributed by atoms with E-state index in [0.29, 0.717) is 5.92 Å². The van der Waals surface area contributed by atoms with Crippen molar-refractivity contribution in [1.29, 1.82) is 0 Å². The molecule has 0 aromatic heterocycles. The van der Waals surface area contributed by atoms with Crippen LogP contribution in [-0.2, 0) is 4.52 Å². The number of likely N-dealkylation sites (tertiary alicyclic amines) is 1. The van der Waals surface area contributed by atoms with E-state index in [2.05, 4.69) is 11.4 Å². The summed E-state index contributed by atoms with van der Waals surface area (Å²) in [6.07, 6.45) is 2.10. The molecule has 0 aromatic carbocycles. The fourth-order valence-electron chi connectivity index (χ4n) is 1.43. The van der Waals surface area contributed by atoms with E-state index in [1.165, 1.54) is 6.42 Å². The summed E-state index contributed by atoms with van der Waals surface area (Å²) in [6.45, 7) is 3.84. The van der Waals surface area contributed by atoms with Gasteiger partial charge in [0.2, 0.25) is 0 Å². The SMILES string of the molecule is CC1CCCN(C(=O)OP)C1. The normalized spacial score (nSPS) is 24.9. The molecule has 4 heteroatoms. The van der Waals surface area contributed by atoms with Gasteiger partial charge < -0.3 is 9.42 Å². The average molecular weight is 175 g/mol. The van der Waals surface area contributed by atoms with Crippen molar-refractivity contribution in [2.75, 3.05) is 13.1 Å². The predicted molar refractivity (Wildman–Crippen MR) is 46.2 cm³/mol. The highest BCUT2D eigenvalue weighted by molar-refractivity contribution is 7.10. The number of nitrogens with zero attached hydrogens (tertiary/aromatic N) is 1. The van der Waals surface area contributed by atoms with Crippen LogP contribution < -0.4 is 0 Å². The molecule has 11 heavy (non-hydrogen) atoms. The lowest BCUT2D eigenvalue weighted by molar-refractivity contribution is 0.136. The van der Waals surface area contributed by atoms with Crippen molar-refractivity contribution in [3.63, 3.8) is 0 Å². The van der Waals surface area contributed by atoms with Gasteiger partial charge in [0.05, 0.1) is 9.47 Å². The smallest absolute Gasteiger partial charge is 0.411 e. The van der Waals surface area contributed by atoms with Crippen molar-refractivity contribution in [2.45, 2.75) is 19.8 Å². The van der Waals surface area contributed by atoms with Gasteiger partial charge in [-0.3, -0.25) is 0 Å². The molecule has 2 atom stereocenters. The Morgan fingerprint density at radius 3 is 3.00 bits per heavy atom. The first kappa shape index (κ1) is 8.79. The first-order valence-electron chi connectivity index (χ1n) is 3.89. The summed E-state index contributed by atoms with van der Waals surface area (Å²) in [5.74, 6) is 0.618. The molecule has 0 spiro atoms. The zero-order valence-electron chi connectivity index (χ0n) is 6.75. The van der Waals surface area contributed by atoms with Crippen LogP contribution in [0.15, 0.2) is 0 Å². The number of hydrogen-bond acceptors (Lipinski definition) is 2. The van der Waals surface area contributed by atoms with Gasteiger partial charge in [-0.05, 0) is 18.8 Å². The highest BCUT2D eigenvalue weighted by Gasteiger charge is 2.20. The highest BCUT2D eigenvalue weighted by atomic mass is 31.0. The molecule has 3 nitrogen and oxygen atoms in total. The van der Waals surface area contributed by atoms with E-state index in [-0.39, 0.29) is 6.09 Å². The van der Waals surface area contributed by atoms with Gasteiger partial charge in [-0.15, -0.1) is 0 Å². The number of piperidine rings is 1. The first-order chi connectivity index (χ1) is 5.24. The van der Waals surface area contributed by atoms with E-state index in [1.807, 2.05) is 9.47 Å². The molecule has 1 amide bonds. The standard InChI is InChI=1S/C7H14NO2P/c1-6-3-2-4-8(5-6)7(9)10-11/h6H,2-5,11H2,1H3. The van der Waals surface area contributed by atoms with E-state index >= 15 is 0 Å². The van der Waals surface area contributed by atoms with Crippen LogP contribution in [-0.4, -0.2) is 24.1 Å². The van der Waals surface area contributed by atoms with E-state index in [1.54, 1.807) is 4.90 Å². The summed E-state index contributed by atoms with van der Waals surface area (Å²) < 4.78 is 4.54. The largest absolute Gasteiger partial charge is 0.435 e. The molecule has 64 valence electrons. The predicted octanol–water partition coefficient (Wildman–Crippen LogP) is 1.64. The minimum atomic E-state index is -0.221. The number of carbonyl (C=O) groups is 1. The van der Waals surface area contributed by atoms with Crippen LogP contribution in [0.25, 0.3) is 0 Å². The Hall–Kier alpha value is -0.300. The highest BCUT2D eigenvalue weighted by Crippen LogP contribution is 2.16. The van der Waals surface area contributed by atoms with Crippen molar-refractivity contribution in [1.82, 2.24) is 4.90 Å². The van der Waals surface area contributed by atoms with Crippen LogP contribution in [0.4, 0.5) is 4.79 Å². The van der Waals surface area contributed by atoms with Crippen molar-refractivity contribution in [2.24, 2.45) is 5.92 Å². The van der Waals surface area contributed by atoms with Crippen molar-refractivity contribution < 1.29 is 9.32 Å². The lowest BCUT2D eigenvalue weighted by atomic mass is 10.0. The average Bonchev–Trinajstić information content (AvgIpc) is 2.03. The Labute approximate surface area is 69.4 Å². The second kappa shape index (κ2) is 3.91. The van der Waals surface area contributed by atoms with Crippen molar-refractivity contribution in [3.05, 3.63) is 0 Å². The van der Waals surface area contributed by atoms with E-state index in [4.69, 9.17) is 0 Å². The monoisotopic (exact) mass is 175 g/mol. The van der Waals surface area contributed by atoms with Gasteiger partial charge >= 0.3 is 6.09 Å². The molecule has 0 bridgehead atoms. The molecule has 1 aliphatic heterocycles. The summed E-state index contributed by atoms with van der Waals surface area (Å²) in [5, 5.41) is 0. The van der Waals surface area contributed by atoms with Gasteiger partial charge in [0.25, 0.3) is 0 Å². The zero-order valence-corrected chi connectivity index (χ0v) is 7.90. The summed E-state index contributed by atoms with van der Waals surface area (Å²) >= 11 is 0. The Morgan fingerprint density at radius 1 is 1.73 bits per heavy atom. The fourth-order valence-corrected chi connectivity index (χ4v) is 1.58. The topological polar surface area (TPSA) is 29.5 Å². The number of carbonyl (C=O) groups excluding carboxylic acids is 1. The molecule has 2 unspecified atom stereocenters. The third-order valence-electron chi connectivity index (χ3n) is 2.02. The van der Waals surface area contributed by atoms with Gasteiger partial charge in [0, 0.05) is 13.1 Å². The molecule has 1 rings (SSSR count). The van der Waals surface area contributed by atoms with Gasteiger partial charge in [-0.1, -0.05) is 6.92 Å². The Kier molecular flexibility index (Phi) is 3.13. The number of rotatable bonds is 0. The molecule has 1 aliphatic rings. The Bertz CT molecular complexity index is 151. The molecule has 0 N–H and O–H groups in total. The van der Waals surface area contributed by atoms with Gasteiger partial charge in [0.1, 0.15) is 0 Å². The first-order valence-corrected chi connectivity index (χ1v) is 4.37. The maximum Gasteiger partial charge on any atom is 0.411 e. The van der Waals surface area contributed by atoms with Crippen LogP contribution in [0.3, 0.4) is 0 Å². The fraction of sp³-hybridized carbons (Fsp3) is 0.857. The van der Waals surface area contributed by atoms with Crippen LogP contribution in [0, 0.1) is 5.92 Å². The summed E-state index contributed by atoms with van der Waals surface area (Å²) in [7, 11) is 1.99. The summed E-state index contributed by atoms with van der Waals surface area (Å²) in [6, 6.07) is 0. The molecule has 1 saturated heterocycles. The second-order valence-corrected chi connectivity index (χ2v) is 3.31. The number of hydrogen-bond donors (Lipinski definition) is 0. The molecule has 0 aliphatic carbocycles. The molecule has 0 saturated carbocycles. The lowest BCUT2D eigenvalue weighted by Gasteiger charge is -2.29. The number of amides is 1. The summed E-state index contributed by atoms with van der Waals surface area (Å²) in [4.78, 5) is 12.7. The molecule has 0 aromatic rings. The van der Waals surface area contributed by atoms with Crippen molar-refractivity contribution in [3.8, 4) is 0 Å². The van der Waals surface area contributed by atoms with Crippen molar-refractivity contribution >= 4 is 15.6 Å². The minimum absolute atomic E-state index is 0.221. The molecule has 0 radical (unpaired) electrons. The Morgan fingerprint density at radius 2 is 2.45 bits per heavy atom. The third kappa shape index (κ3) is 2.33. The Balaban J connectivity index is 2.39. The van der Waals surface area contributed by atoms with Crippen LogP contribution >= 0.6 is 9.47 Å². The van der Waals surface area contributed by atoms with Crippen LogP contribution in [0.1, 0.15) is 19.8 Å². The quantitative estimate of drug-likeness (QED) is 0.524. The maximum atomic E-state index is 11.0. The van der Waals surface area contributed by atoms with Crippen LogP contribution in [0.2, 0.25) is 0 Å². The third-order valence-corrected chi connectivity index (χ3v) is 2.22. The van der Waals surface area contributed by atoms with E-state index in [9.17, 15) is 4.79 Å². The molecule has 1 fully saturated rings.